The van der Waals surface area contributed by atoms with Crippen molar-refractivity contribution in [2.75, 3.05) is 37.4 Å². The van der Waals surface area contributed by atoms with E-state index in [9.17, 15) is 18.0 Å². The number of nitrogens with two attached hydrogens (primary N) is 1. The molecule has 4 rings (SSSR count). The zero-order chi connectivity index (χ0) is 28.3. The molecule has 0 saturated carbocycles. The Hall–Kier alpha value is -3.99. The minimum absolute atomic E-state index is 0.0488. The minimum Gasteiger partial charge on any atom is -0.491 e. The van der Waals surface area contributed by atoms with Crippen molar-refractivity contribution in [1.82, 2.24) is 9.88 Å². The Kier molecular flexibility index (Phi) is 8.19. The van der Waals surface area contributed by atoms with Crippen LogP contribution >= 0.6 is 0 Å². The predicted octanol–water partition coefficient (Wildman–Crippen LogP) is 3.20. The van der Waals surface area contributed by atoms with E-state index in [1.54, 1.807) is 36.0 Å². The lowest BCUT2D eigenvalue weighted by molar-refractivity contribution is -0.116. The van der Waals surface area contributed by atoms with Gasteiger partial charge in [0.1, 0.15) is 28.9 Å². The van der Waals surface area contributed by atoms with Gasteiger partial charge in [0.2, 0.25) is 5.91 Å². The summed E-state index contributed by atoms with van der Waals surface area (Å²) in [6, 6.07) is 11.9. The Balaban J connectivity index is 1.61. The number of likely N-dealkylation sites (N-methyl/N-ethyl adjacent to an activating group) is 1. The normalized spacial score (nSPS) is 13.3. The van der Waals surface area contributed by atoms with Gasteiger partial charge in [-0.3, -0.25) is 9.59 Å². The number of hydrogen-bond acceptors (Lipinski definition) is 7. The Labute approximate surface area is 227 Å². The Morgan fingerprint density at radius 2 is 1.87 bits per heavy atom. The molecule has 0 saturated heterocycles. The number of hydrogen-bond donors (Lipinski definition) is 1. The molecule has 2 amide bonds. The third-order valence-corrected chi connectivity index (χ3v) is 8.45. The molecule has 1 aliphatic heterocycles. The molecule has 0 radical (unpaired) electrons. The minimum atomic E-state index is -3.77. The summed E-state index contributed by atoms with van der Waals surface area (Å²) in [5, 5.41) is 0. The fourth-order valence-electron chi connectivity index (χ4n) is 4.56. The molecule has 0 atom stereocenters. The van der Waals surface area contributed by atoms with Gasteiger partial charge in [-0.25, -0.2) is 17.8 Å². The molecule has 0 spiro atoms. The molecule has 0 aliphatic carbocycles. The van der Waals surface area contributed by atoms with E-state index >= 15 is 4.39 Å². The quantitative estimate of drug-likeness (QED) is 0.454. The van der Waals surface area contributed by atoms with E-state index in [0.717, 1.165) is 16.7 Å². The summed E-state index contributed by atoms with van der Waals surface area (Å²) in [6.45, 7) is 3.96. The summed E-state index contributed by atoms with van der Waals surface area (Å²) in [4.78, 5) is 32.0. The molecule has 3 aromatic rings. The monoisotopic (exact) mass is 554 g/mol. The van der Waals surface area contributed by atoms with Gasteiger partial charge in [-0.2, -0.15) is 0 Å². The van der Waals surface area contributed by atoms with Crippen LogP contribution in [-0.4, -0.2) is 62.6 Å². The summed E-state index contributed by atoms with van der Waals surface area (Å²) in [6.07, 6.45) is 1.86. The van der Waals surface area contributed by atoms with Crippen LogP contribution in [0.25, 0.3) is 11.1 Å². The number of carbonyl (C=O) groups excluding carboxylic acids is 2. The number of halogens is 1. The van der Waals surface area contributed by atoms with Crippen molar-refractivity contribution in [3.05, 3.63) is 71.2 Å². The highest BCUT2D eigenvalue weighted by atomic mass is 32.2. The number of sulfone groups is 1. The van der Waals surface area contributed by atoms with E-state index < -0.39 is 27.5 Å². The SMILES string of the molecule is CCc1c(C(=O)N2CCOc3ccc(-c4ccc(N(C)CC(N)=O)nc4)cc3C2)ccc(S(=O)(=O)CC)c1F. The summed E-state index contributed by atoms with van der Waals surface area (Å²) in [7, 11) is -2.04. The average molecular weight is 555 g/mol. The first-order valence-electron chi connectivity index (χ1n) is 12.6. The van der Waals surface area contributed by atoms with Crippen molar-refractivity contribution in [3.63, 3.8) is 0 Å². The van der Waals surface area contributed by atoms with Crippen LogP contribution < -0.4 is 15.4 Å². The zero-order valence-corrected chi connectivity index (χ0v) is 22.9. The predicted molar refractivity (Wildman–Crippen MR) is 146 cm³/mol. The van der Waals surface area contributed by atoms with Gasteiger partial charge in [-0.15, -0.1) is 0 Å². The van der Waals surface area contributed by atoms with Crippen molar-refractivity contribution in [1.29, 1.82) is 0 Å². The molecule has 206 valence electrons. The number of carbonyl (C=O) groups is 2. The Morgan fingerprint density at radius 3 is 2.51 bits per heavy atom. The van der Waals surface area contributed by atoms with Crippen molar-refractivity contribution >= 4 is 27.5 Å². The first-order valence-corrected chi connectivity index (χ1v) is 14.3. The van der Waals surface area contributed by atoms with Gasteiger partial charge in [-0.1, -0.05) is 19.9 Å². The van der Waals surface area contributed by atoms with Gasteiger partial charge in [0.15, 0.2) is 9.84 Å². The molecule has 1 aromatic heterocycles. The van der Waals surface area contributed by atoms with E-state index in [2.05, 4.69) is 4.98 Å². The molecule has 9 nitrogen and oxygen atoms in total. The van der Waals surface area contributed by atoms with Gasteiger partial charge in [0.05, 0.1) is 18.8 Å². The number of aromatic nitrogens is 1. The maximum atomic E-state index is 15.2. The number of benzene rings is 2. The van der Waals surface area contributed by atoms with Crippen molar-refractivity contribution < 1.29 is 27.1 Å². The molecule has 39 heavy (non-hydrogen) atoms. The highest BCUT2D eigenvalue weighted by Gasteiger charge is 2.27. The number of amides is 2. The second-order valence-corrected chi connectivity index (χ2v) is 11.5. The number of primary amides is 1. The third-order valence-electron chi connectivity index (χ3n) is 6.70. The number of pyridine rings is 1. The standard InChI is InChI=1S/C28H31FN4O5S/c1-4-21-22(8-10-24(27(21)29)39(36,37)5-2)28(35)33-12-13-38-23-9-6-18(14-20(23)16-33)19-7-11-26(31-15-19)32(3)17-25(30)34/h6-11,14-15H,4-5,12-13,16-17H2,1-3H3,(H2,30,34). The lowest BCUT2D eigenvalue weighted by Gasteiger charge is -2.22. The van der Waals surface area contributed by atoms with Crippen LogP contribution in [0.2, 0.25) is 0 Å². The fraction of sp³-hybridized carbons (Fsp3) is 0.321. The van der Waals surface area contributed by atoms with Crippen LogP contribution in [0.4, 0.5) is 10.2 Å². The molecular formula is C28H31FN4O5S. The van der Waals surface area contributed by atoms with Crippen LogP contribution in [-0.2, 0) is 27.6 Å². The summed E-state index contributed by atoms with van der Waals surface area (Å²) in [5.41, 5.74) is 7.95. The van der Waals surface area contributed by atoms with Gasteiger partial charge >= 0.3 is 0 Å². The number of rotatable bonds is 8. The lowest BCUT2D eigenvalue weighted by atomic mass is 10.0. The maximum absolute atomic E-state index is 15.2. The van der Waals surface area contributed by atoms with Crippen LogP contribution in [0.1, 0.15) is 35.3 Å². The summed E-state index contributed by atoms with van der Waals surface area (Å²) >= 11 is 0. The molecule has 11 heteroatoms. The van der Waals surface area contributed by atoms with E-state index in [1.807, 2.05) is 24.3 Å². The highest BCUT2D eigenvalue weighted by molar-refractivity contribution is 7.91. The number of nitrogens with zero attached hydrogens (tertiary/aromatic N) is 3. The lowest BCUT2D eigenvalue weighted by Crippen LogP contribution is -2.33. The van der Waals surface area contributed by atoms with Crippen LogP contribution in [0.5, 0.6) is 5.75 Å². The van der Waals surface area contributed by atoms with Crippen LogP contribution in [0.15, 0.2) is 53.6 Å². The molecule has 0 fully saturated rings. The number of anilines is 1. The van der Waals surface area contributed by atoms with Crippen LogP contribution in [0.3, 0.4) is 0 Å². The number of fused-ring (bicyclic) bond motifs is 1. The number of ether oxygens (including phenoxy) is 1. The van der Waals surface area contributed by atoms with Crippen molar-refractivity contribution in [2.45, 2.75) is 31.7 Å². The van der Waals surface area contributed by atoms with Crippen LogP contribution in [0, 0.1) is 5.82 Å². The Bertz CT molecular complexity index is 1510. The first kappa shape index (κ1) is 28.0. The smallest absolute Gasteiger partial charge is 0.254 e. The molecular weight excluding hydrogens is 523 g/mol. The van der Waals surface area contributed by atoms with Crippen molar-refractivity contribution in [3.8, 4) is 16.9 Å². The van der Waals surface area contributed by atoms with E-state index in [4.69, 9.17) is 10.5 Å². The van der Waals surface area contributed by atoms with Gasteiger partial charge in [0, 0.05) is 42.0 Å². The van der Waals surface area contributed by atoms with Gasteiger partial charge in [0.25, 0.3) is 5.91 Å². The largest absolute Gasteiger partial charge is 0.491 e. The second-order valence-electron chi connectivity index (χ2n) is 9.29. The average Bonchev–Trinajstić information content (AvgIpc) is 3.14. The van der Waals surface area contributed by atoms with E-state index in [1.165, 1.54) is 19.1 Å². The van der Waals surface area contributed by atoms with Gasteiger partial charge < -0.3 is 20.3 Å². The Morgan fingerprint density at radius 1 is 1.13 bits per heavy atom. The van der Waals surface area contributed by atoms with E-state index in [0.29, 0.717) is 11.6 Å². The first-order chi connectivity index (χ1) is 18.6. The molecule has 1 aliphatic rings. The highest BCUT2D eigenvalue weighted by Crippen LogP contribution is 2.31. The van der Waals surface area contributed by atoms with E-state index in [-0.39, 0.29) is 54.4 Å². The summed E-state index contributed by atoms with van der Waals surface area (Å²) in [5.74, 6) is -0.697. The maximum Gasteiger partial charge on any atom is 0.254 e. The van der Waals surface area contributed by atoms with Crippen molar-refractivity contribution in [2.24, 2.45) is 5.73 Å². The summed E-state index contributed by atoms with van der Waals surface area (Å²) < 4.78 is 45.8. The molecule has 2 aromatic carbocycles. The molecule has 2 heterocycles. The molecule has 0 bridgehead atoms. The fourth-order valence-corrected chi connectivity index (χ4v) is 5.54. The molecule has 2 N–H and O–H groups in total. The topological polar surface area (TPSA) is 123 Å². The third kappa shape index (κ3) is 5.88. The zero-order valence-electron chi connectivity index (χ0n) is 22.1. The van der Waals surface area contributed by atoms with Gasteiger partial charge in [-0.05, 0) is 48.4 Å². The molecule has 0 unspecified atom stereocenters. The second kappa shape index (κ2) is 11.4.